The van der Waals surface area contributed by atoms with E-state index in [1.165, 1.54) is 25.1 Å². The largest absolute Gasteiger partial charge is 0.327 e. The Kier molecular flexibility index (Phi) is 5.46. The van der Waals surface area contributed by atoms with Gasteiger partial charge in [0.2, 0.25) is 0 Å². The van der Waals surface area contributed by atoms with Crippen molar-refractivity contribution in [1.29, 1.82) is 0 Å². The molecule has 1 aliphatic heterocycles. The van der Waals surface area contributed by atoms with Crippen molar-refractivity contribution in [3.63, 3.8) is 0 Å². The topological polar surface area (TPSA) is 113 Å². The molecule has 3 N–H and O–H groups in total. The summed E-state index contributed by atoms with van der Waals surface area (Å²) < 4.78 is 26.5. The van der Waals surface area contributed by atoms with Gasteiger partial charge in [-0.3, -0.25) is 14.9 Å². The lowest BCUT2D eigenvalue weighted by Crippen LogP contribution is -2.46. The fraction of sp³-hybridized carbons (Fsp3) is 0.111. The van der Waals surface area contributed by atoms with Crippen LogP contribution >= 0.6 is 11.6 Å². The van der Waals surface area contributed by atoms with Crippen LogP contribution in [0.1, 0.15) is 18.5 Å². The minimum Gasteiger partial charge on any atom is -0.327 e. The second-order valence-electron chi connectivity index (χ2n) is 6.12. The number of halogens is 3. The second-order valence-corrected chi connectivity index (χ2v) is 6.53. The molecule has 150 valence electrons. The highest BCUT2D eigenvalue weighted by molar-refractivity contribution is 6.32. The van der Waals surface area contributed by atoms with Crippen LogP contribution in [0.15, 0.2) is 47.7 Å². The molecule has 3 amide bonds. The van der Waals surface area contributed by atoms with Gasteiger partial charge in [-0.15, -0.1) is 0 Å². The monoisotopic (exact) mass is 422 g/mol. The Balaban J connectivity index is 2.00. The number of benzene rings is 2. The molecule has 2 aromatic rings. The molecule has 8 nitrogen and oxygen atoms in total. The zero-order valence-corrected chi connectivity index (χ0v) is 15.5. The molecule has 0 saturated heterocycles. The van der Waals surface area contributed by atoms with Gasteiger partial charge in [0, 0.05) is 23.5 Å². The van der Waals surface area contributed by atoms with E-state index < -0.39 is 40.2 Å². The number of carbonyl (C=O) groups is 2. The van der Waals surface area contributed by atoms with E-state index in [1.807, 2.05) is 0 Å². The van der Waals surface area contributed by atoms with E-state index in [0.717, 1.165) is 18.2 Å². The Labute approximate surface area is 167 Å². The molecular weight excluding hydrogens is 410 g/mol. The van der Waals surface area contributed by atoms with Crippen LogP contribution in [0.4, 0.5) is 25.0 Å². The van der Waals surface area contributed by atoms with Crippen molar-refractivity contribution >= 4 is 34.9 Å². The summed E-state index contributed by atoms with van der Waals surface area (Å²) in [5, 5.41) is 18.4. The molecule has 1 aliphatic rings. The fourth-order valence-corrected chi connectivity index (χ4v) is 3.05. The summed E-state index contributed by atoms with van der Waals surface area (Å²) in [6.45, 7) is 1.47. The maximum atomic E-state index is 13.4. The van der Waals surface area contributed by atoms with Crippen molar-refractivity contribution in [2.24, 2.45) is 0 Å². The summed E-state index contributed by atoms with van der Waals surface area (Å²) in [6.07, 6.45) is 0. The van der Waals surface area contributed by atoms with Crippen LogP contribution < -0.4 is 16.0 Å². The molecule has 0 radical (unpaired) electrons. The van der Waals surface area contributed by atoms with Gasteiger partial charge < -0.3 is 16.0 Å². The van der Waals surface area contributed by atoms with Crippen LogP contribution in [-0.2, 0) is 4.79 Å². The Bertz CT molecular complexity index is 1070. The van der Waals surface area contributed by atoms with Crippen LogP contribution in [0.2, 0.25) is 5.02 Å². The molecular formula is C18H13ClF2N4O4. The van der Waals surface area contributed by atoms with E-state index in [9.17, 15) is 28.5 Å². The number of amides is 3. The Morgan fingerprint density at radius 2 is 1.93 bits per heavy atom. The van der Waals surface area contributed by atoms with E-state index >= 15 is 0 Å². The Hall–Kier alpha value is -3.53. The van der Waals surface area contributed by atoms with Crippen LogP contribution in [-0.4, -0.2) is 16.9 Å². The van der Waals surface area contributed by atoms with Crippen molar-refractivity contribution < 1.29 is 23.3 Å². The van der Waals surface area contributed by atoms with Gasteiger partial charge in [-0.05, 0) is 30.7 Å². The van der Waals surface area contributed by atoms with Gasteiger partial charge in [0.25, 0.3) is 11.6 Å². The normalized spacial score (nSPS) is 16.1. The smallest absolute Gasteiger partial charge is 0.319 e. The van der Waals surface area contributed by atoms with Gasteiger partial charge in [0.1, 0.15) is 5.02 Å². The van der Waals surface area contributed by atoms with Gasteiger partial charge in [-0.1, -0.05) is 17.7 Å². The van der Waals surface area contributed by atoms with Crippen LogP contribution in [0.3, 0.4) is 0 Å². The second kappa shape index (κ2) is 7.84. The van der Waals surface area contributed by atoms with Crippen molar-refractivity contribution in [2.45, 2.75) is 13.0 Å². The molecule has 0 aromatic heterocycles. The maximum absolute atomic E-state index is 13.4. The number of nitro groups is 1. The number of hydrogen-bond acceptors (Lipinski definition) is 4. The summed E-state index contributed by atoms with van der Waals surface area (Å²) in [6, 6.07) is 5.04. The Morgan fingerprint density at radius 1 is 1.21 bits per heavy atom. The van der Waals surface area contributed by atoms with Crippen LogP contribution in [0.25, 0.3) is 0 Å². The van der Waals surface area contributed by atoms with E-state index in [1.54, 1.807) is 0 Å². The molecule has 0 fully saturated rings. The first kappa shape index (κ1) is 20.2. The molecule has 1 unspecified atom stereocenters. The third kappa shape index (κ3) is 4.16. The summed E-state index contributed by atoms with van der Waals surface area (Å²) in [7, 11) is 0. The highest BCUT2D eigenvalue weighted by Crippen LogP contribution is 2.33. The molecule has 29 heavy (non-hydrogen) atoms. The average Bonchev–Trinajstić information content (AvgIpc) is 2.64. The van der Waals surface area contributed by atoms with Crippen molar-refractivity contribution in [1.82, 2.24) is 10.6 Å². The zero-order chi connectivity index (χ0) is 21.3. The molecule has 0 aliphatic carbocycles. The highest BCUT2D eigenvalue weighted by Gasteiger charge is 2.32. The van der Waals surface area contributed by atoms with Crippen molar-refractivity contribution in [3.05, 3.63) is 80.0 Å². The van der Waals surface area contributed by atoms with E-state index in [-0.39, 0.29) is 27.5 Å². The van der Waals surface area contributed by atoms with Crippen LogP contribution in [0, 0.1) is 21.7 Å². The summed E-state index contributed by atoms with van der Waals surface area (Å²) >= 11 is 5.82. The first-order valence-corrected chi connectivity index (χ1v) is 8.53. The number of allylic oxidation sites excluding steroid dienone is 1. The molecule has 11 heteroatoms. The fourth-order valence-electron chi connectivity index (χ4n) is 2.87. The lowest BCUT2D eigenvalue weighted by Gasteiger charge is -2.28. The van der Waals surface area contributed by atoms with Gasteiger partial charge in [0.05, 0.1) is 16.5 Å². The average molecular weight is 423 g/mol. The van der Waals surface area contributed by atoms with Gasteiger partial charge in [0.15, 0.2) is 11.6 Å². The van der Waals surface area contributed by atoms with Gasteiger partial charge in [-0.25, -0.2) is 13.6 Å². The molecule has 1 heterocycles. The van der Waals surface area contributed by atoms with Gasteiger partial charge in [-0.2, -0.15) is 0 Å². The van der Waals surface area contributed by atoms with E-state index in [2.05, 4.69) is 16.0 Å². The number of nitro benzene ring substituents is 1. The minimum atomic E-state index is -1.14. The Morgan fingerprint density at radius 3 is 2.59 bits per heavy atom. The summed E-state index contributed by atoms with van der Waals surface area (Å²) in [5.41, 5.74) is 0.0648. The molecule has 1 atom stereocenters. The van der Waals surface area contributed by atoms with Crippen LogP contribution in [0.5, 0.6) is 0 Å². The van der Waals surface area contributed by atoms with Crippen molar-refractivity contribution in [3.8, 4) is 0 Å². The zero-order valence-electron chi connectivity index (χ0n) is 14.8. The number of urea groups is 1. The number of nitrogens with zero attached hydrogens (tertiary/aromatic N) is 1. The SMILES string of the molecule is CC1=C(C(=O)Nc2ccc(F)c(F)c2)C(c2ccc(Cl)c([N+](=O)[O-])c2)NC(=O)N1. The van der Waals surface area contributed by atoms with Gasteiger partial charge >= 0.3 is 6.03 Å². The maximum Gasteiger partial charge on any atom is 0.319 e. The number of carbonyl (C=O) groups excluding carboxylic acids is 2. The quantitative estimate of drug-likeness (QED) is 0.513. The highest BCUT2D eigenvalue weighted by atomic mass is 35.5. The molecule has 3 rings (SSSR count). The number of rotatable bonds is 4. The third-order valence-electron chi connectivity index (χ3n) is 4.19. The molecule has 2 aromatic carbocycles. The lowest BCUT2D eigenvalue weighted by atomic mass is 9.94. The van der Waals surface area contributed by atoms with E-state index in [4.69, 9.17) is 11.6 Å². The number of nitrogens with one attached hydrogen (secondary N) is 3. The summed E-state index contributed by atoms with van der Waals surface area (Å²) in [5.74, 6) is -2.94. The minimum absolute atomic E-state index is 0.00747. The van der Waals surface area contributed by atoms with Crippen molar-refractivity contribution in [2.75, 3.05) is 5.32 Å². The first-order chi connectivity index (χ1) is 13.7. The first-order valence-electron chi connectivity index (χ1n) is 8.16. The number of hydrogen-bond donors (Lipinski definition) is 3. The lowest BCUT2D eigenvalue weighted by molar-refractivity contribution is -0.384. The predicted octanol–water partition coefficient (Wildman–Crippen LogP) is 3.79. The standard InChI is InChI=1S/C18H13ClF2N4O4/c1-8-15(17(26)23-10-3-5-12(20)13(21)7-10)16(24-18(27)22-8)9-2-4-11(19)14(6-9)25(28)29/h2-7,16H,1H3,(H,23,26)(H2,22,24,27). The molecule has 0 saturated carbocycles. The predicted molar refractivity (Wildman–Crippen MR) is 100 cm³/mol. The molecule has 0 bridgehead atoms. The third-order valence-corrected chi connectivity index (χ3v) is 4.51. The van der Waals surface area contributed by atoms with E-state index in [0.29, 0.717) is 0 Å². The summed E-state index contributed by atoms with van der Waals surface area (Å²) in [4.78, 5) is 35.2. The number of anilines is 1. The molecule has 0 spiro atoms.